The zero-order chi connectivity index (χ0) is 11.1. The fraction of sp³-hybridized carbons (Fsp3) is 0.250. The molecule has 2 atom stereocenters. The Morgan fingerprint density at radius 1 is 1.44 bits per heavy atom. The summed E-state index contributed by atoms with van der Waals surface area (Å²) in [4.78, 5) is 5.48. The number of aromatic hydroxyl groups is 1. The molecular formula is C12H12N2OS. The van der Waals surface area contributed by atoms with Crippen LogP contribution in [0.3, 0.4) is 0 Å². The van der Waals surface area contributed by atoms with Gasteiger partial charge in [-0.25, -0.2) is 4.98 Å². The number of benzene rings is 1. The number of hydrogen-bond donors (Lipinski definition) is 2. The monoisotopic (exact) mass is 232 g/mol. The average molecular weight is 232 g/mol. The molecule has 0 bridgehead atoms. The van der Waals surface area contributed by atoms with Crippen LogP contribution in [0.15, 0.2) is 30.5 Å². The van der Waals surface area contributed by atoms with Gasteiger partial charge in [0.15, 0.2) is 0 Å². The maximum absolute atomic E-state index is 9.41. The molecule has 1 fully saturated rings. The molecule has 0 unspecified atom stereocenters. The SMILES string of the molecule is N[C@@H]1C[C@H]1c1ncc(-c2cccc(O)c2)s1. The van der Waals surface area contributed by atoms with Gasteiger partial charge >= 0.3 is 0 Å². The highest BCUT2D eigenvalue weighted by molar-refractivity contribution is 7.15. The van der Waals surface area contributed by atoms with Crippen LogP contribution >= 0.6 is 11.3 Å². The molecule has 1 saturated carbocycles. The first-order chi connectivity index (χ1) is 7.74. The van der Waals surface area contributed by atoms with Crippen LogP contribution in [0.2, 0.25) is 0 Å². The molecule has 82 valence electrons. The summed E-state index contributed by atoms with van der Waals surface area (Å²) in [5.41, 5.74) is 6.81. The Balaban J connectivity index is 1.92. The van der Waals surface area contributed by atoms with E-state index in [4.69, 9.17) is 5.73 Å². The summed E-state index contributed by atoms with van der Waals surface area (Å²) < 4.78 is 0. The third-order valence-corrected chi connectivity index (χ3v) is 3.99. The van der Waals surface area contributed by atoms with E-state index in [1.54, 1.807) is 23.5 Å². The molecule has 0 aliphatic heterocycles. The Morgan fingerprint density at radius 3 is 2.94 bits per heavy atom. The number of phenolic OH excluding ortho intramolecular Hbond substituents is 1. The van der Waals surface area contributed by atoms with E-state index in [9.17, 15) is 5.11 Å². The summed E-state index contributed by atoms with van der Waals surface area (Å²) in [6.07, 6.45) is 2.91. The van der Waals surface area contributed by atoms with Crippen molar-refractivity contribution >= 4 is 11.3 Å². The van der Waals surface area contributed by atoms with Crippen LogP contribution < -0.4 is 5.73 Å². The standard InChI is InChI=1S/C12H12N2OS/c13-10-5-9(10)12-14-6-11(16-12)7-2-1-3-8(15)4-7/h1-4,6,9-10,15H,5,13H2/t9-,10-/m1/s1. The lowest BCUT2D eigenvalue weighted by Crippen LogP contribution is -2.00. The molecule has 3 rings (SSSR count). The first-order valence-corrected chi connectivity index (χ1v) is 6.06. The van der Waals surface area contributed by atoms with Gasteiger partial charge in [-0.1, -0.05) is 12.1 Å². The molecule has 0 spiro atoms. The molecule has 4 heteroatoms. The van der Waals surface area contributed by atoms with E-state index < -0.39 is 0 Å². The number of thiazole rings is 1. The van der Waals surface area contributed by atoms with Gasteiger partial charge < -0.3 is 10.8 Å². The van der Waals surface area contributed by atoms with Crippen molar-refractivity contribution in [2.24, 2.45) is 5.73 Å². The van der Waals surface area contributed by atoms with Crippen molar-refractivity contribution in [1.29, 1.82) is 0 Å². The maximum atomic E-state index is 9.41. The zero-order valence-corrected chi connectivity index (χ0v) is 9.45. The van der Waals surface area contributed by atoms with Gasteiger partial charge in [-0.05, 0) is 24.1 Å². The minimum Gasteiger partial charge on any atom is -0.508 e. The normalized spacial score (nSPS) is 23.3. The van der Waals surface area contributed by atoms with Crippen molar-refractivity contribution < 1.29 is 5.11 Å². The van der Waals surface area contributed by atoms with Crippen LogP contribution in [0, 0.1) is 0 Å². The average Bonchev–Trinajstić information content (AvgIpc) is 2.81. The second-order valence-corrected chi connectivity index (χ2v) is 5.18. The van der Waals surface area contributed by atoms with Crippen molar-refractivity contribution in [3.8, 4) is 16.2 Å². The van der Waals surface area contributed by atoms with Gasteiger partial charge in [0.2, 0.25) is 0 Å². The van der Waals surface area contributed by atoms with E-state index in [1.807, 2.05) is 18.3 Å². The fourth-order valence-corrected chi connectivity index (χ4v) is 2.85. The summed E-state index contributed by atoms with van der Waals surface area (Å²) in [5, 5.41) is 10.5. The highest BCUT2D eigenvalue weighted by Crippen LogP contribution is 2.42. The Bertz CT molecular complexity index is 523. The van der Waals surface area contributed by atoms with Crippen LogP contribution in [0.5, 0.6) is 5.75 Å². The lowest BCUT2D eigenvalue weighted by molar-refractivity contribution is 0.475. The van der Waals surface area contributed by atoms with Gasteiger partial charge in [0.1, 0.15) is 5.75 Å². The quantitative estimate of drug-likeness (QED) is 0.835. The Labute approximate surface area is 97.6 Å². The third-order valence-electron chi connectivity index (χ3n) is 2.81. The molecule has 3 N–H and O–H groups in total. The Kier molecular flexibility index (Phi) is 2.19. The highest BCUT2D eigenvalue weighted by atomic mass is 32.1. The maximum Gasteiger partial charge on any atom is 0.116 e. The summed E-state index contributed by atoms with van der Waals surface area (Å²) in [6, 6.07) is 7.53. The second kappa shape index (κ2) is 3.57. The van der Waals surface area contributed by atoms with E-state index in [0.29, 0.717) is 12.0 Å². The van der Waals surface area contributed by atoms with E-state index >= 15 is 0 Å². The summed E-state index contributed by atoms with van der Waals surface area (Å²) in [5.74, 6) is 0.742. The molecule has 1 aromatic heterocycles. The van der Waals surface area contributed by atoms with Crippen LogP contribution in [0.1, 0.15) is 17.3 Å². The molecule has 0 radical (unpaired) electrons. The fourth-order valence-electron chi connectivity index (χ4n) is 1.75. The van der Waals surface area contributed by atoms with Crippen LogP contribution in [0.25, 0.3) is 10.4 Å². The molecule has 0 amide bonds. The summed E-state index contributed by atoms with van der Waals surface area (Å²) in [6.45, 7) is 0. The van der Waals surface area contributed by atoms with Crippen molar-refractivity contribution in [2.45, 2.75) is 18.4 Å². The molecule has 1 aliphatic carbocycles. The topological polar surface area (TPSA) is 59.1 Å². The molecule has 0 saturated heterocycles. The van der Waals surface area contributed by atoms with Gasteiger partial charge in [0, 0.05) is 18.2 Å². The minimum atomic E-state index is 0.288. The molecule has 3 nitrogen and oxygen atoms in total. The molecule has 1 heterocycles. The van der Waals surface area contributed by atoms with Crippen molar-refractivity contribution in [3.05, 3.63) is 35.5 Å². The van der Waals surface area contributed by atoms with Crippen LogP contribution in [-0.2, 0) is 0 Å². The predicted octanol–water partition coefficient (Wildman–Crippen LogP) is 2.33. The number of aromatic nitrogens is 1. The van der Waals surface area contributed by atoms with Gasteiger partial charge in [0.05, 0.1) is 9.88 Å². The Hall–Kier alpha value is -1.39. The summed E-state index contributed by atoms with van der Waals surface area (Å²) in [7, 11) is 0. The molecule has 2 aromatic rings. The third kappa shape index (κ3) is 1.70. The molecule has 1 aromatic carbocycles. The first-order valence-electron chi connectivity index (χ1n) is 5.25. The number of hydrogen-bond acceptors (Lipinski definition) is 4. The lowest BCUT2D eigenvalue weighted by atomic mass is 10.2. The van der Waals surface area contributed by atoms with Gasteiger partial charge in [-0.15, -0.1) is 11.3 Å². The highest BCUT2D eigenvalue weighted by Gasteiger charge is 2.37. The minimum absolute atomic E-state index is 0.288. The van der Waals surface area contributed by atoms with E-state index in [-0.39, 0.29) is 5.75 Å². The van der Waals surface area contributed by atoms with Crippen molar-refractivity contribution in [2.75, 3.05) is 0 Å². The van der Waals surface area contributed by atoms with Crippen LogP contribution in [-0.4, -0.2) is 16.1 Å². The number of phenols is 1. The van der Waals surface area contributed by atoms with Crippen molar-refractivity contribution in [1.82, 2.24) is 4.98 Å². The largest absolute Gasteiger partial charge is 0.508 e. The number of nitrogens with two attached hydrogens (primary N) is 1. The molecular weight excluding hydrogens is 220 g/mol. The Morgan fingerprint density at radius 2 is 2.25 bits per heavy atom. The van der Waals surface area contributed by atoms with Crippen LogP contribution in [0.4, 0.5) is 0 Å². The zero-order valence-electron chi connectivity index (χ0n) is 8.63. The van der Waals surface area contributed by atoms with Gasteiger partial charge in [-0.3, -0.25) is 0 Å². The number of rotatable bonds is 2. The summed E-state index contributed by atoms with van der Waals surface area (Å²) >= 11 is 1.67. The first kappa shape index (κ1) is 9.81. The van der Waals surface area contributed by atoms with Gasteiger partial charge in [-0.2, -0.15) is 0 Å². The van der Waals surface area contributed by atoms with Gasteiger partial charge in [0.25, 0.3) is 0 Å². The molecule has 1 aliphatic rings. The second-order valence-electron chi connectivity index (χ2n) is 4.12. The van der Waals surface area contributed by atoms with E-state index in [1.165, 1.54) is 0 Å². The van der Waals surface area contributed by atoms with E-state index in [0.717, 1.165) is 21.9 Å². The lowest BCUT2D eigenvalue weighted by Gasteiger charge is -1.96. The predicted molar refractivity (Wildman–Crippen MR) is 64.5 cm³/mol. The van der Waals surface area contributed by atoms with E-state index in [2.05, 4.69) is 4.98 Å². The number of nitrogens with zero attached hydrogens (tertiary/aromatic N) is 1. The molecule has 16 heavy (non-hydrogen) atoms. The smallest absolute Gasteiger partial charge is 0.116 e. The van der Waals surface area contributed by atoms with Crippen molar-refractivity contribution in [3.63, 3.8) is 0 Å².